The molecule has 1 N–H and O–H groups in total. The number of pyridine rings is 1. The highest BCUT2D eigenvalue weighted by Gasteiger charge is 2.38. The molecule has 0 atom stereocenters. The Balaban J connectivity index is 1.05. The Labute approximate surface area is 199 Å². The largest absolute Gasteiger partial charge is 0.478 e. The predicted octanol–water partition coefficient (Wildman–Crippen LogP) is 4.38. The third-order valence-corrected chi connectivity index (χ3v) is 7.13. The number of carbonyl (C=O) groups is 1. The third kappa shape index (κ3) is 5.02. The number of nitrogens with zero attached hydrogens (tertiary/aromatic N) is 3. The van der Waals surface area contributed by atoms with Crippen LogP contribution in [0.25, 0.3) is 0 Å². The zero-order valence-electron chi connectivity index (χ0n) is 19.5. The highest BCUT2D eigenvalue weighted by atomic mass is 19.3. The van der Waals surface area contributed by atoms with E-state index in [0.29, 0.717) is 31.1 Å². The van der Waals surface area contributed by atoms with Crippen LogP contribution in [0.4, 0.5) is 20.3 Å². The molecule has 5 rings (SSSR count). The summed E-state index contributed by atoms with van der Waals surface area (Å²) in [6.45, 7) is 5.19. The van der Waals surface area contributed by atoms with Gasteiger partial charge in [-0.05, 0) is 61.9 Å². The van der Waals surface area contributed by atoms with Crippen LogP contribution in [0.5, 0.6) is 5.88 Å². The fraction of sp³-hybridized carbons (Fsp3) is 0.538. The van der Waals surface area contributed by atoms with Crippen molar-refractivity contribution >= 4 is 17.4 Å². The van der Waals surface area contributed by atoms with Gasteiger partial charge < -0.3 is 15.0 Å². The molecule has 1 saturated heterocycles. The molecule has 3 aliphatic rings. The van der Waals surface area contributed by atoms with Gasteiger partial charge in [0.15, 0.2) is 0 Å². The Hall–Kier alpha value is -2.74. The van der Waals surface area contributed by atoms with Crippen molar-refractivity contribution in [3.05, 3.63) is 47.0 Å². The van der Waals surface area contributed by atoms with Crippen molar-refractivity contribution in [1.82, 2.24) is 9.88 Å². The SMILES string of the molecule is O=C1CCc2ccc(OCCCCN3CCN(c4cccc5c4CCCC5(F)F)CC3)nc2N1. The van der Waals surface area contributed by atoms with Crippen LogP contribution in [-0.2, 0) is 23.6 Å². The summed E-state index contributed by atoms with van der Waals surface area (Å²) in [7, 11) is 0. The minimum absolute atomic E-state index is 0.00216. The topological polar surface area (TPSA) is 57.7 Å². The number of nitrogens with one attached hydrogen (secondary N) is 1. The van der Waals surface area contributed by atoms with Gasteiger partial charge in [0.1, 0.15) is 5.82 Å². The Morgan fingerprint density at radius 2 is 1.88 bits per heavy atom. The number of rotatable bonds is 7. The Bertz CT molecular complexity index is 1040. The molecule has 1 aromatic heterocycles. The van der Waals surface area contributed by atoms with E-state index in [1.165, 1.54) is 0 Å². The summed E-state index contributed by atoms with van der Waals surface area (Å²) in [4.78, 5) is 20.7. The van der Waals surface area contributed by atoms with Gasteiger partial charge in [-0.1, -0.05) is 12.1 Å². The molecule has 0 radical (unpaired) electrons. The maximum Gasteiger partial charge on any atom is 0.273 e. The van der Waals surface area contributed by atoms with Crippen LogP contribution in [0, 0.1) is 0 Å². The van der Waals surface area contributed by atoms with Crippen molar-refractivity contribution in [3.63, 3.8) is 0 Å². The number of hydrogen-bond donors (Lipinski definition) is 1. The second-order valence-electron chi connectivity index (χ2n) is 9.45. The number of benzene rings is 1. The first-order valence-electron chi connectivity index (χ1n) is 12.4. The summed E-state index contributed by atoms with van der Waals surface area (Å²) < 4.78 is 34.5. The number of halogens is 2. The summed E-state index contributed by atoms with van der Waals surface area (Å²) in [5, 5.41) is 2.80. The second kappa shape index (κ2) is 9.86. The maximum absolute atomic E-state index is 14.3. The van der Waals surface area contributed by atoms with Crippen LogP contribution in [0.1, 0.15) is 48.8 Å². The van der Waals surface area contributed by atoms with Crippen molar-refractivity contribution in [2.24, 2.45) is 0 Å². The lowest BCUT2D eigenvalue weighted by molar-refractivity contribution is -0.116. The maximum atomic E-state index is 14.3. The van der Waals surface area contributed by atoms with Crippen molar-refractivity contribution in [1.29, 1.82) is 0 Å². The van der Waals surface area contributed by atoms with Gasteiger partial charge in [0.2, 0.25) is 11.8 Å². The summed E-state index contributed by atoms with van der Waals surface area (Å²) in [5.41, 5.74) is 3.13. The molecule has 0 bridgehead atoms. The van der Waals surface area contributed by atoms with Gasteiger partial charge in [0, 0.05) is 56.3 Å². The first-order valence-corrected chi connectivity index (χ1v) is 12.4. The van der Waals surface area contributed by atoms with Crippen LogP contribution in [0.3, 0.4) is 0 Å². The van der Waals surface area contributed by atoms with E-state index in [9.17, 15) is 13.6 Å². The van der Waals surface area contributed by atoms with E-state index in [-0.39, 0.29) is 17.9 Å². The Kier molecular flexibility index (Phi) is 6.68. The minimum Gasteiger partial charge on any atom is -0.478 e. The number of fused-ring (bicyclic) bond motifs is 2. The van der Waals surface area contributed by atoms with Crippen molar-refractivity contribution in [2.75, 3.05) is 49.5 Å². The van der Waals surface area contributed by atoms with E-state index in [0.717, 1.165) is 75.2 Å². The lowest BCUT2D eigenvalue weighted by Gasteiger charge is -2.38. The number of amides is 1. The number of aryl methyl sites for hydroxylation is 1. The quantitative estimate of drug-likeness (QED) is 0.609. The van der Waals surface area contributed by atoms with Crippen LogP contribution in [0.15, 0.2) is 30.3 Å². The lowest BCUT2D eigenvalue weighted by Crippen LogP contribution is -2.47. The van der Waals surface area contributed by atoms with Crippen LogP contribution >= 0.6 is 0 Å². The van der Waals surface area contributed by atoms with Crippen molar-refractivity contribution in [2.45, 2.75) is 50.9 Å². The number of hydrogen-bond acceptors (Lipinski definition) is 5. The van der Waals surface area contributed by atoms with Crippen LogP contribution in [0.2, 0.25) is 0 Å². The molecule has 34 heavy (non-hydrogen) atoms. The highest BCUT2D eigenvalue weighted by Crippen LogP contribution is 2.43. The predicted molar refractivity (Wildman–Crippen MR) is 128 cm³/mol. The average molecular weight is 471 g/mol. The van der Waals surface area contributed by atoms with Gasteiger partial charge in [0.05, 0.1) is 6.61 Å². The zero-order chi connectivity index (χ0) is 23.5. The molecule has 8 heteroatoms. The molecule has 0 unspecified atom stereocenters. The molecular weight excluding hydrogens is 438 g/mol. The molecule has 1 fully saturated rings. The molecular formula is C26H32F2N4O2. The Morgan fingerprint density at radius 1 is 1.03 bits per heavy atom. The number of anilines is 2. The smallest absolute Gasteiger partial charge is 0.273 e. The summed E-state index contributed by atoms with van der Waals surface area (Å²) in [5.74, 6) is -1.53. The van der Waals surface area contributed by atoms with Gasteiger partial charge in [-0.15, -0.1) is 0 Å². The van der Waals surface area contributed by atoms with E-state index < -0.39 is 5.92 Å². The molecule has 182 valence electrons. The number of alkyl halides is 2. The lowest BCUT2D eigenvalue weighted by atomic mass is 9.87. The van der Waals surface area contributed by atoms with Gasteiger partial charge >= 0.3 is 0 Å². The van der Waals surface area contributed by atoms with Crippen molar-refractivity contribution in [3.8, 4) is 5.88 Å². The van der Waals surface area contributed by atoms with Gasteiger partial charge in [0.25, 0.3) is 5.92 Å². The Morgan fingerprint density at radius 3 is 2.74 bits per heavy atom. The molecule has 6 nitrogen and oxygen atoms in total. The summed E-state index contributed by atoms with van der Waals surface area (Å²) >= 11 is 0. The van der Waals surface area contributed by atoms with Crippen LogP contribution < -0.4 is 15.0 Å². The molecule has 0 spiro atoms. The van der Waals surface area contributed by atoms with E-state index in [1.807, 2.05) is 18.2 Å². The van der Waals surface area contributed by atoms with Gasteiger partial charge in [-0.2, -0.15) is 4.98 Å². The first kappa shape index (κ1) is 23.0. The van der Waals surface area contributed by atoms with E-state index in [2.05, 4.69) is 20.1 Å². The normalized spacial score (nSPS) is 19.8. The highest BCUT2D eigenvalue weighted by molar-refractivity contribution is 5.92. The summed E-state index contributed by atoms with van der Waals surface area (Å²) in [6.07, 6.45) is 4.43. The van der Waals surface area contributed by atoms with E-state index >= 15 is 0 Å². The third-order valence-electron chi connectivity index (χ3n) is 7.13. The molecule has 1 aromatic carbocycles. The summed E-state index contributed by atoms with van der Waals surface area (Å²) in [6, 6.07) is 9.24. The standard InChI is InChI=1S/C26H32F2N4O2/c27-26(28)12-4-5-20-21(26)6-3-7-22(20)32-16-14-31(15-17-32)13-1-2-18-34-24-11-9-19-8-10-23(33)29-25(19)30-24/h3,6-7,9,11H,1-2,4-5,8,10,12-18H2,(H,29,30,33). The number of carbonyl (C=O) groups excluding carboxylic acids is 1. The molecule has 1 amide bonds. The molecule has 0 saturated carbocycles. The molecule has 3 heterocycles. The molecule has 2 aliphatic heterocycles. The molecule has 2 aromatic rings. The fourth-order valence-corrected chi connectivity index (χ4v) is 5.23. The minimum atomic E-state index is -2.70. The van der Waals surface area contributed by atoms with Crippen LogP contribution in [-0.4, -0.2) is 55.1 Å². The number of aromatic nitrogens is 1. The fourth-order valence-electron chi connectivity index (χ4n) is 5.23. The van der Waals surface area contributed by atoms with Gasteiger partial charge in [-0.25, -0.2) is 8.78 Å². The monoisotopic (exact) mass is 470 g/mol. The first-order chi connectivity index (χ1) is 16.5. The van der Waals surface area contributed by atoms with E-state index in [4.69, 9.17) is 4.74 Å². The average Bonchev–Trinajstić information content (AvgIpc) is 2.84. The molecule has 1 aliphatic carbocycles. The van der Waals surface area contributed by atoms with Gasteiger partial charge in [-0.3, -0.25) is 9.69 Å². The second-order valence-corrected chi connectivity index (χ2v) is 9.45. The van der Waals surface area contributed by atoms with Crippen molar-refractivity contribution < 1.29 is 18.3 Å². The van der Waals surface area contributed by atoms with E-state index in [1.54, 1.807) is 12.1 Å². The number of ether oxygens (including phenoxy) is 1. The number of piperazine rings is 1. The number of unbranched alkanes of at least 4 members (excludes halogenated alkanes) is 1. The zero-order valence-corrected chi connectivity index (χ0v) is 19.5.